The lowest BCUT2D eigenvalue weighted by molar-refractivity contribution is 0.516. The van der Waals surface area contributed by atoms with E-state index in [1.54, 1.807) is 0 Å². The van der Waals surface area contributed by atoms with Crippen LogP contribution in [0.15, 0.2) is 16.6 Å². The molecular formula is C14H18BrN3. The largest absolute Gasteiger partial charge is 0.341 e. The van der Waals surface area contributed by atoms with E-state index in [-0.39, 0.29) is 0 Å². The number of aromatic nitrogens is 2. The van der Waals surface area contributed by atoms with Crippen LogP contribution in [0.3, 0.4) is 0 Å². The first-order valence-electron chi connectivity index (χ1n) is 6.60. The van der Waals surface area contributed by atoms with E-state index in [2.05, 4.69) is 50.3 Å². The lowest BCUT2D eigenvalue weighted by Gasteiger charge is -2.09. The molecule has 1 aromatic heterocycles. The van der Waals surface area contributed by atoms with Crippen LogP contribution in [0, 0.1) is 6.92 Å². The molecule has 3 rings (SSSR count). The molecule has 0 radical (unpaired) electrons. The number of imidazole rings is 1. The minimum absolute atomic E-state index is 0.686. The zero-order valence-electron chi connectivity index (χ0n) is 10.6. The van der Waals surface area contributed by atoms with E-state index in [1.165, 1.54) is 31.2 Å². The summed E-state index contributed by atoms with van der Waals surface area (Å²) < 4.78 is 1.10. The highest BCUT2D eigenvalue weighted by atomic mass is 79.9. The van der Waals surface area contributed by atoms with E-state index < -0.39 is 0 Å². The van der Waals surface area contributed by atoms with Gasteiger partial charge in [0.1, 0.15) is 5.82 Å². The molecule has 3 nitrogen and oxygen atoms in total. The molecule has 1 fully saturated rings. The van der Waals surface area contributed by atoms with Gasteiger partial charge < -0.3 is 10.3 Å². The summed E-state index contributed by atoms with van der Waals surface area (Å²) in [5, 5.41) is 3.59. The van der Waals surface area contributed by atoms with Crippen molar-refractivity contribution in [2.75, 3.05) is 0 Å². The number of hydrogen-bond acceptors (Lipinski definition) is 2. The lowest BCUT2D eigenvalue weighted by atomic mass is 10.2. The number of nitrogens with one attached hydrogen (secondary N) is 2. The fourth-order valence-corrected chi connectivity index (χ4v) is 3.32. The molecule has 1 heterocycles. The van der Waals surface area contributed by atoms with Crippen molar-refractivity contribution in [3.8, 4) is 0 Å². The van der Waals surface area contributed by atoms with Gasteiger partial charge in [0.05, 0.1) is 17.6 Å². The van der Waals surface area contributed by atoms with Crippen LogP contribution in [-0.4, -0.2) is 16.0 Å². The second-order valence-corrected chi connectivity index (χ2v) is 6.08. The summed E-state index contributed by atoms with van der Waals surface area (Å²) in [4.78, 5) is 8.07. The molecule has 0 aliphatic heterocycles. The highest BCUT2D eigenvalue weighted by Crippen LogP contribution is 2.22. The molecule has 0 saturated heterocycles. The van der Waals surface area contributed by atoms with E-state index >= 15 is 0 Å². The Morgan fingerprint density at radius 3 is 2.94 bits per heavy atom. The van der Waals surface area contributed by atoms with Crippen molar-refractivity contribution in [1.29, 1.82) is 0 Å². The highest BCUT2D eigenvalue weighted by Gasteiger charge is 2.14. The number of aromatic amines is 1. The summed E-state index contributed by atoms with van der Waals surface area (Å²) in [6.07, 6.45) is 5.35. The Bertz CT molecular complexity index is 555. The molecular weight excluding hydrogens is 290 g/mol. The summed E-state index contributed by atoms with van der Waals surface area (Å²) >= 11 is 3.52. The lowest BCUT2D eigenvalue weighted by Crippen LogP contribution is -2.25. The van der Waals surface area contributed by atoms with E-state index in [4.69, 9.17) is 0 Å². The maximum absolute atomic E-state index is 4.68. The Hall–Kier alpha value is -0.870. The van der Waals surface area contributed by atoms with Gasteiger partial charge in [0.15, 0.2) is 0 Å². The molecule has 0 spiro atoms. The molecule has 2 N–H and O–H groups in total. The first-order valence-corrected chi connectivity index (χ1v) is 7.40. The average Bonchev–Trinajstić information content (AvgIpc) is 2.93. The number of hydrogen-bond donors (Lipinski definition) is 2. The molecule has 1 aromatic carbocycles. The maximum Gasteiger partial charge on any atom is 0.121 e. The third-order valence-corrected chi connectivity index (χ3v) is 4.16. The van der Waals surface area contributed by atoms with Crippen LogP contribution in [0.25, 0.3) is 11.0 Å². The topological polar surface area (TPSA) is 40.7 Å². The summed E-state index contributed by atoms with van der Waals surface area (Å²) in [6, 6.07) is 4.89. The molecule has 0 unspecified atom stereocenters. The molecule has 18 heavy (non-hydrogen) atoms. The van der Waals surface area contributed by atoms with Crippen molar-refractivity contribution in [2.45, 2.75) is 45.2 Å². The number of fused-ring (bicyclic) bond motifs is 1. The summed E-state index contributed by atoms with van der Waals surface area (Å²) in [7, 11) is 0. The van der Waals surface area contributed by atoms with Gasteiger partial charge in [-0.15, -0.1) is 0 Å². The van der Waals surface area contributed by atoms with Crippen LogP contribution in [0.4, 0.5) is 0 Å². The minimum Gasteiger partial charge on any atom is -0.341 e. The normalized spacial score (nSPS) is 16.8. The number of benzene rings is 1. The standard InChI is InChI=1S/C14H18BrN3/c1-9-6-10(15)7-12-14(9)18-13(17-12)8-16-11-4-2-3-5-11/h6-7,11,16H,2-5,8H2,1H3,(H,17,18). The van der Waals surface area contributed by atoms with E-state index in [0.717, 1.165) is 27.9 Å². The molecule has 1 saturated carbocycles. The number of H-pyrrole nitrogens is 1. The van der Waals surface area contributed by atoms with Crippen LogP contribution in [-0.2, 0) is 6.54 Å². The van der Waals surface area contributed by atoms with Gasteiger partial charge in [-0.1, -0.05) is 28.8 Å². The Kier molecular flexibility index (Phi) is 3.39. The third-order valence-electron chi connectivity index (χ3n) is 3.70. The molecule has 0 amide bonds. The van der Waals surface area contributed by atoms with Gasteiger partial charge in [-0.3, -0.25) is 0 Å². The molecule has 96 valence electrons. The monoisotopic (exact) mass is 307 g/mol. The average molecular weight is 308 g/mol. The van der Waals surface area contributed by atoms with Crippen LogP contribution in [0.2, 0.25) is 0 Å². The van der Waals surface area contributed by atoms with Crippen molar-refractivity contribution < 1.29 is 0 Å². The summed E-state index contributed by atoms with van der Waals surface area (Å²) in [5.41, 5.74) is 3.41. The van der Waals surface area contributed by atoms with Crippen LogP contribution in [0.1, 0.15) is 37.1 Å². The number of halogens is 1. The first kappa shape index (κ1) is 12.2. The highest BCUT2D eigenvalue weighted by molar-refractivity contribution is 9.10. The number of nitrogens with zero attached hydrogens (tertiary/aromatic N) is 1. The van der Waals surface area contributed by atoms with Crippen LogP contribution in [0.5, 0.6) is 0 Å². The summed E-state index contributed by atoms with van der Waals surface area (Å²) in [6.45, 7) is 2.94. The van der Waals surface area contributed by atoms with Crippen LogP contribution >= 0.6 is 15.9 Å². The van der Waals surface area contributed by atoms with Gasteiger partial charge in [0.2, 0.25) is 0 Å². The Morgan fingerprint density at radius 2 is 2.17 bits per heavy atom. The van der Waals surface area contributed by atoms with Gasteiger partial charge in [0, 0.05) is 10.5 Å². The fraction of sp³-hybridized carbons (Fsp3) is 0.500. The van der Waals surface area contributed by atoms with Gasteiger partial charge in [-0.05, 0) is 37.5 Å². The number of aryl methyl sites for hydroxylation is 1. The molecule has 0 bridgehead atoms. The predicted molar refractivity (Wildman–Crippen MR) is 77.6 cm³/mol. The third kappa shape index (κ3) is 2.45. The fourth-order valence-electron chi connectivity index (χ4n) is 2.75. The molecule has 1 aliphatic rings. The number of rotatable bonds is 3. The van der Waals surface area contributed by atoms with Gasteiger partial charge >= 0.3 is 0 Å². The van der Waals surface area contributed by atoms with Crippen molar-refractivity contribution in [2.24, 2.45) is 0 Å². The predicted octanol–water partition coefficient (Wildman–Crippen LogP) is 3.67. The van der Waals surface area contributed by atoms with Gasteiger partial charge in [-0.2, -0.15) is 0 Å². The quantitative estimate of drug-likeness (QED) is 0.908. The second-order valence-electron chi connectivity index (χ2n) is 5.16. The Balaban J connectivity index is 1.78. The van der Waals surface area contributed by atoms with Crippen LogP contribution < -0.4 is 5.32 Å². The maximum atomic E-state index is 4.68. The van der Waals surface area contributed by atoms with Crippen molar-refractivity contribution in [3.63, 3.8) is 0 Å². The van der Waals surface area contributed by atoms with E-state index in [9.17, 15) is 0 Å². The zero-order chi connectivity index (χ0) is 12.5. The molecule has 1 aliphatic carbocycles. The van der Waals surface area contributed by atoms with Gasteiger partial charge in [0.25, 0.3) is 0 Å². The molecule has 0 atom stereocenters. The minimum atomic E-state index is 0.686. The van der Waals surface area contributed by atoms with E-state index in [1.807, 2.05) is 0 Å². The van der Waals surface area contributed by atoms with Crippen molar-refractivity contribution in [3.05, 3.63) is 28.0 Å². The summed E-state index contributed by atoms with van der Waals surface area (Å²) in [5.74, 6) is 1.04. The Labute approximate surface area is 116 Å². The van der Waals surface area contributed by atoms with Crippen molar-refractivity contribution in [1.82, 2.24) is 15.3 Å². The molecule has 2 aromatic rings. The molecule has 4 heteroatoms. The smallest absolute Gasteiger partial charge is 0.121 e. The van der Waals surface area contributed by atoms with Gasteiger partial charge in [-0.25, -0.2) is 4.98 Å². The second kappa shape index (κ2) is 5.02. The van der Waals surface area contributed by atoms with E-state index in [0.29, 0.717) is 6.04 Å². The van der Waals surface area contributed by atoms with Crippen molar-refractivity contribution >= 4 is 27.0 Å². The zero-order valence-corrected chi connectivity index (χ0v) is 12.2. The SMILES string of the molecule is Cc1cc(Br)cc2[nH]c(CNC3CCCC3)nc12. The first-order chi connectivity index (χ1) is 8.72. The Morgan fingerprint density at radius 1 is 1.39 bits per heavy atom.